The summed E-state index contributed by atoms with van der Waals surface area (Å²) in [6.45, 7) is 0. The molecule has 2 aliphatic carbocycles. The average Bonchev–Trinajstić information content (AvgIpc) is 2.55. The van der Waals surface area contributed by atoms with Gasteiger partial charge in [0.15, 0.2) is 0 Å². The van der Waals surface area contributed by atoms with E-state index in [1.807, 2.05) is 0 Å². The fourth-order valence-electron chi connectivity index (χ4n) is 3.32. The highest BCUT2D eigenvalue weighted by Crippen LogP contribution is 2.38. The summed E-state index contributed by atoms with van der Waals surface area (Å²) in [5, 5.41) is 10.4. The van der Waals surface area contributed by atoms with Crippen LogP contribution in [0.25, 0.3) is 0 Å². The molecular weight excluding hydrogens is 174 g/mol. The van der Waals surface area contributed by atoms with Gasteiger partial charge in [0.05, 0.1) is 5.60 Å². The number of rotatable bonds is 2. The molecule has 0 aliphatic heterocycles. The second kappa shape index (κ2) is 4.19. The van der Waals surface area contributed by atoms with Crippen molar-refractivity contribution in [2.24, 2.45) is 11.7 Å². The summed E-state index contributed by atoms with van der Waals surface area (Å²) in [7, 11) is 0. The van der Waals surface area contributed by atoms with Crippen LogP contribution in [0.1, 0.15) is 57.8 Å². The zero-order valence-electron chi connectivity index (χ0n) is 9.04. The molecule has 2 atom stereocenters. The van der Waals surface area contributed by atoms with Gasteiger partial charge in [-0.25, -0.2) is 0 Å². The van der Waals surface area contributed by atoms with E-state index in [1.54, 1.807) is 0 Å². The fourth-order valence-corrected chi connectivity index (χ4v) is 3.32. The minimum Gasteiger partial charge on any atom is -0.390 e. The number of hydrogen-bond acceptors (Lipinski definition) is 2. The predicted molar refractivity (Wildman–Crippen MR) is 58.0 cm³/mol. The summed E-state index contributed by atoms with van der Waals surface area (Å²) in [5.41, 5.74) is 5.51. The van der Waals surface area contributed by atoms with E-state index in [0.29, 0.717) is 0 Å². The summed E-state index contributed by atoms with van der Waals surface area (Å²) < 4.78 is 0. The van der Waals surface area contributed by atoms with E-state index < -0.39 is 5.60 Å². The first-order chi connectivity index (χ1) is 6.68. The van der Waals surface area contributed by atoms with E-state index in [-0.39, 0.29) is 6.04 Å². The summed E-state index contributed by atoms with van der Waals surface area (Å²) in [6, 6.07) is 0.246. The highest BCUT2D eigenvalue weighted by molar-refractivity contribution is 4.90. The first-order valence-electron chi connectivity index (χ1n) is 6.16. The zero-order chi connectivity index (χ0) is 10.0. The third-order valence-electron chi connectivity index (χ3n) is 4.00. The van der Waals surface area contributed by atoms with Crippen LogP contribution < -0.4 is 5.73 Å². The minimum absolute atomic E-state index is 0.246. The van der Waals surface area contributed by atoms with Crippen molar-refractivity contribution in [3.63, 3.8) is 0 Å². The van der Waals surface area contributed by atoms with Crippen LogP contribution in [0.2, 0.25) is 0 Å². The topological polar surface area (TPSA) is 46.2 Å². The van der Waals surface area contributed by atoms with Crippen molar-refractivity contribution < 1.29 is 5.11 Å². The van der Waals surface area contributed by atoms with Crippen LogP contribution in [-0.4, -0.2) is 16.7 Å². The van der Waals surface area contributed by atoms with Crippen LogP contribution in [0.15, 0.2) is 0 Å². The van der Waals surface area contributed by atoms with Gasteiger partial charge in [-0.05, 0) is 38.0 Å². The van der Waals surface area contributed by atoms with E-state index in [2.05, 4.69) is 0 Å². The zero-order valence-corrected chi connectivity index (χ0v) is 9.04. The van der Waals surface area contributed by atoms with Gasteiger partial charge in [0.1, 0.15) is 0 Å². The third-order valence-corrected chi connectivity index (χ3v) is 4.00. The monoisotopic (exact) mass is 197 g/mol. The van der Waals surface area contributed by atoms with Gasteiger partial charge in [0, 0.05) is 6.04 Å². The van der Waals surface area contributed by atoms with Crippen LogP contribution in [0, 0.1) is 5.92 Å². The quantitative estimate of drug-likeness (QED) is 0.713. The Morgan fingerprint density at radius 3 is 2.50 bits per heavy atom. The van der Waals surface area contributed by atoms with Crippen molar-refractivity contribution in [1.29, 1.82) is 0 Å². The highest BCUT2D eigenvalue weighted by atomic mass is 16.3. The van der Waals surface area contributed by atoms with Gasteiger partial charge in [0.2, 0.25) is 0 Å². The highest BCUT2D eigenvalue weighted by Gasteiger charge is 2.35. The lowest BCUT2D eigenvalue weighted by Gasteiger charge is -2.37. The van der Waals surface area contributed by atoms with Crippen molar-refractivity contribution >= 4 is 0 Å². The van der Waals surface area contributed by atoms with E-state index in [0.717, 1.165) is 38.0 Å². The number of nitrogens with two attached hydrogens (primary N) is 1. The molecule has 0 saturated heterocycles. The van der Waals surface area contributed by atoms with Gasteiger partial charge in [-0.3, -0.25) is 0 Å². The largest absolute Gasteiger partial charge is 0.390 e. The Kier molecular flexibility index (Phi) is 3.13. The Balaban J connectivity index is 1.87. The van der Waals surface area contributed by atoms with Crippen molar-refractivity contribution in [2.75, 3.05) is 0 Å². The van der Waals surface area contributed by atoms with Crippen LogP contribution >= 0.6 is 0 Å². The average molecular weight is 197 g/mol. The Hall–Kier alpha value is -0.0800. The van der Waals surface area contributed by atoms with E-state index in [1.165, 1.54) is 25.7 Å². The summed E-state index contributed by atoms with van der Waals surface area (Å²) in [6.07, 6.45) is 10.5. The van der Waals surface area contributed by atoms with Gasteiger partial charge in [-0.15, -0.1) is 0 Å². The molecule has 2 nitrogen and oxygen atoms in total. The molecule has 0 heterocycles. The van der Waals surface area contributed by atoms with Crippen molar-refractivity contribution in [3.8, 4) is 0 Å². The normalized spacial score (nSPS) is 40.3. The van der Waals surface area contributed by atoms with E-state index in [9.17, 15) is 5.11 Å². The lowest BCUT2D eigenvalue weighted by molar-refractivity contribution is -0.0226. The molecule has 2 aliphatic rings. The molecule has 3 N–H and O–H groups in total. The molecule has 0 bridgehead atoms. The van der Waals surface area contributed by atoms with Crippen molar-refractivity contribution in [2.45, 2.75) is 69.4 Å². The Bertz CT molecular complexity index is 189. The molecule has 0 radical (unpaired) electrons. The van der Waals surface area contributed by atoms with Gasteiger partial charge in [0.25, 0.3) is 0 Å². The SMILES string of the molecule is NC1CCCC(O)(CC2CCCC2)C1. The maximum Gasteiger partial charge on any atom is 0.0665 e. The molecule has 0 aromatic heterocycles. The van der Waals surface area contributed by atoms with Gasteiger partial charge in [-0.2, -0.15) is 0 Å². The first-order valence-corrected chi connectivity index (χ1v) is 6.16. The Morgan fingerprint density at radius 1 is 1.14 bits per heavy atom. The lowest BCUT2D eigenvalue weighted by atomic mass is 9.76. The van der Waals surface area contributed by atoms with E-state index >= 15 is 0 Å². The molecule has 0 aromatic carbocycles. The van der Waals surface area contributed by atoms with Crippen LogP contribution in [0.3, 0.4) is 0 Å². The molecule has 2 heteroatoms. The van der Waals surface area contributed by atoms with Gasteiger partial charge in [-0.1, -0.05) is 25.7 Å². The Labute approximate surface area is 86.9 Å². The molecule has 2 fully saturated rings. The molecule has 2 saturated carbocycles. The fraction of sp³-hybridized carbons (Fsp3) is 1.00. The molecule has 14 heavy (non-hydrogen) atoms. The van der Waals surface area contributed by atoms with Crippen molar-refractivity contribution in [3.05, 3.63) is 0 Å². The third kappa shape index (κ3) is 2.48. The molecule has 0 amide bonds. The number of aliphatic hydroxyl groups is 1. The summed E-state index contributed by atoms with van der Waals surface area (Å²) >= 11 is 0. The standard InChI is InChI=1S/C12H23NO/c13-11-6-3-7-12(14,9-11)8-10-4-1-2-5-10/h10-11,14H,1-9,13H2. The smallest absolute Gasteiger partial charge is 0.0665 e. The van der Waals surface area contributed by atoms with Gasteiger partial charge < -0.3 is 10.8 Å². The van der Waals surface area contributed by atoms with Gasteiger partial charge >= 0.3 is 0 Å². The Morgan fingerprint density at radius 2 is 1.86 bits per heavy atom. The molecule has 0 spiro atoms. The van der Waals surface area contributed by atoms with Crippen LogP contribution in [0.4, 0.5) is 0 Å². The maximum absolute atomic E-state index is 10.4. The second-order valence-corrected chi connectivity index (χ2v) is 5.44. The number of hydrogen-bond donors (Lipinski definition) is 2. The molecular formula is C12H23NO. The first kappa shape index (κ1) is 10.4. The minimum atomic E-state index is -0.410. The molecule has 2 unspecified atom stereocenters. The molecule has 2 rings (SSSR count). The van der Waals surface area contributed by atoms with Crippen molar-refractivity contribution in [1.82, 2.24) is 0 Å². The summed E-state index contributed by atoms with van der Waals surface area (Å²) in [4.78, 5) is 0. The van der Waals surface area contributed by atoms with Crippen LogP contribution in [0.5, 0.6) is 0 Å². The van der Waals surface area contributed by atoms with E-state index in [4.69, 9.17) is 5.73 Å². The lowest BCUT2D eigenvalue weighted by Crippen LogP contribution is -2.42. The van der Waals surface area contributed by atoms with Crippen LogP contribution in [-0.2, 0) is 0 Å². The maximum atomic E-state index is 10.4. The molecule has 82 valence electrons. The summed E-state index contributed by atoms with van der Waals surface area (Å²) in [5.74, 6) is 0.783. The molecule has 0 aromatic rings. The second-order valence-electron chi connectivity index (χ2n) is 5.44. The predicted octanol–water partition coefficient (Wildman–Crippen LogP) is 2.20.